The molecule has 0 atom stereocenters. The lowest BCUT2D eigenvalue weighted by Gasteiger charge is -2.09. The Morgan fingerprint density at radius 2 is 1.70 bits per heavy atom. The fourth-order valence-electron chi connectivity index (χ4n) is 2.38. The van der Waals surface area contributed by atoms with E-state index >= 15 is 0 Å². The van der Waals surface area contributed by atoms with Gasteiger partial charge < -0.3 is 15.4 Å². The summed E-state index contributed by atoms with van der Waals surface area (Å²) in [5, 5.41) is 7.47. The molecule has 0 saturated carbocycles. The molecule has 6 heteroatoms. The third-order valence-electron chi connectivity index (χ3n) is 3.83. The Morgan fingerprint density at radius 1 is 0.963 bits per heavy atom. The van der Waals surface area contributed by atoms with E-state index in [1.807, 2.05) is 42.6 Å². The number of ether oxygens (including phenoxy) is 1. The molecule has 2 aromatic carbocycles. The van der Waals surface area contributed by atoms with Crippen LogP contribution in [0.25, 0.3) is 0 Å². The van der Waals surface area contributed by atoms with Gasteiger partial charge in [-0.3, -0.25) is 9.59 Å². The molecule has 0 radical (unpaired) electrons. The van der Waals surface area contributed by atoms with Crippen LogP contribution in [0.4, 0.5) is 5.69 Å². The van der Waals surface area contributed by atoms with Gasteiger partial charge in [-0.1, -0.05) is 23.8 Å². The number of benzene rings is 2. The SMILES string of the molecule is Cc1ccc(OCCNC(=O)c2ccc(NC(=O)c3cccs3)cc2)cc1. The van der Waals surface area contributed by atoms with Gasteiger partial charge in [0.1, 0.15) is 12.4 Å². The molecule has 3 rings (SSSR count). The average Bonchev–Trinajstić information content (AvgIpc) is 3.22. The summed E-state index contributed by atoms with van der Waals surface area (Å²) in [5.41, 5.74) is 2.35. The van der Waals surface area contributed by atoms with Gasteiger partial charge in [0.05, 0.1) is 11.4 Å². The van der Waals surface area contributed by atoms with Crippen molar-refractivity contribution in [3.8, 4) is 5.75 Å². The number of carbonyl (C=O) groups excluding carboxylic acids is 2. The van der Waals surface area contributed by atoms with Gasteiger partial charge >= 0.3 is 0 Å². The molecule has 0 aliphatic heterocycles. The van der Waals surface area contributed by atoms with Crippen molar-refractivity contribution in [2.75, 3.05) is 18.5 Å². The molecule has 0 aliphatic rings. The first-order chi connectivity index (χ1) is 13.1. The van der Waals surface area contributed by atoms with Gasteiger partial charge in [0, 0.05) is 11.3 Å². The first kappa shape index (κ1) is 18.7. The number of nitrogens with one attached hydrogen (secondary N) is 2. The predicted octanol–water partition coefficient (Wildman–Crippen LogP) is 4.12. The van der Waals surface area contributed by atoms with E-state index in [2.05, 4.69) is 10.6 Å². The normalized spacial score (nSPS) is 10.3. The van der Waals surface area contributed by atoms with Crippen LogP contribution < -0.4 is 15.4 Å². The highest BCUT2D eigenvalue weighted by molar-refractivity contribution is 7.12. The lowest BCUT2D eigenvalue weighted by Crippen LogP contribution is -2.28. The summed E-state index contributed by atoms with van der Waals surface area (Å²) in [5.74, 6) is 0.440. The predicted molar refractivity (Wildman–Crippen MR) is 108 cm³/mol. The van der Waals surface area contributed by atoms with Crippen LogP contribution in [0.2, 0.25) is 0 Å². The zero-order valence-electron chi connectivity index (χ0n) is 14.9. The van der Waals surface area contributed by atoms with Crippen LogP contribution in [0.1, 0.15) is 25.6 Å². The summed E-state index contributed by atoms with van der Waals surface area (Å²) < 4.78 is 5.58. The van der Waals surface area contributed by atoms with Crippen LogP contribution in [0.3, 0.4) is 0 Å². The minimum Gasteiger partial charge on any atom is -0.492 e. The van der Waals surface area contributed by atoms with Crippen LogP contribution >= 0.6 is 11.3 Å². The van der Waals surface area contributed by atoms with Crippen molar-refractivity contribution in [2.24, 2.45) is 0 Å². The molecule has 0 bridgehead atoms. The second-order valence-electron chi connectivity index (χ2n) is 5.93. The highest BCUT2D eigenvalue weighted by atomic mass is 32.1. The summed E-state index contributed by atoms with van der Waals surface area (Å²) in [6, 6.07) is 18.1. The topological polar surface area (TPSA) is 67.4 Å². The number of amides is 2. The summed E-state index contributed by atoms with van der Waals surface area (Å²) in [6.45, 7) is 2.82. The average molecular weight is 380 g/mol. The zero-order chi connectivity index (χ0) is 19.1. The fourth-order valence-corrected chi connectivity index (χ4v) is 2.99. The Morgan fingerprint density at radius 3 is 2.37 bits per heavy atom. The van der Waals surface area contributed by atoms with Crippen LogP contribution in [0, 0.1) is 6.92 Å². The number of rotatable bonds is 7. The molecule has 138 valence electrons. The van der Waals surface area contributed by atoms with Crippen molar-refractivity contribution in [2.45, 2.75) is 6.92 Å². The highest BCUT2D eigenvalue weighted by Gasteiger charge is 2.08. The van der Waals surface area contributed by atoms with E-state index in [1.165, 1.54) is 16.9 Å². The lowest BCUT2D eigenvalue weighted by atomic mass is 10.2. The number of thiophene rings is 1. The van der Waals surface area contributed by atoms with E-state index in [0.29, 0.717) is 29.3 Å². The highest BCUT2D eigenvalue weighted by Crippen LogP contribution is 2.14. The van der Waals surface area contributed by atoms with Crippen LogP contribution in [0.15, 0.2) is 66.0 Å². The molecule has 0 spiro atoms. The van der Waals surface area contributed by atoms with Crippen LogP contribution in [0.5, 0.6) is 5.75 Å². The molecule has 0 unspecified atom stereocenters. The van der Waals surface area contributed by atoms with Gasteiger partial charge in [0.15, 0.2) is 0 Å². The molecular weight excluding hydrogens is 360 g/mol. The van der Waals surface area contributed by atoms with Crippen LogP contribution in [-0.4, -0.2) is 25.0 Å². The molecule has 0 saturated heterocycles. The second kappa shape index (κ2) is 9.00. The number of hydrogen-bond acceptors (Lipinski definition) is 4. The number of carbonyl (C=O) groups is 2. The first-order valence-corrected chi connectivity index (χ1v) is 9.42. The van der Waals surface area contributed by atoms with E-state index in [0.717, 1.165) is 5.75 Å². The van der Waals surface area contributed by atoms with Gasteiger partial charge in [-0.25, -0.2) is 0 Å². The third kappa shape index (κ3) is 5.43. The molecule has 2 amide bonds. The maximum Gasteiger partial charge on any atom is 0.265 e. The van der Waals surface area contributed by atoms with Crippen molar-refractivity contribution in [1.29, 1.82) is 0 Å². The monoisotopic (exact) mass is 380 g/mol. The van der Waals surface area contributed by atoms with Gasteiger partial charge in [-0.2, -0.15) is 0 Å². The molecule has 5 nitrogen and oxygen atoms in total. The van der Waals surface area contributed by atoms with Crippen LogP contribution in [-0.2, 0) is 0 Å². The van der Waals surface area contributed by atoms with E-state index in [-0.39, 0.29) is 11.8 Å². The summed E-state index contributed by atoms with van der Waals surface area (Å²) in [4.78, 5) is 24.8. The lowest BCUT2D eigenvalue weighted by molar-refractivity contribution is 0.0946. The molecule has 0 aliphatic carbocycles. The second-order valence-corrected chi connectivity index (χ2v) is 6.87. The van der Waals surface area contributed by atoms with Crippen molar-refractivity contribution in [3.63, 3.8) is 0 Å². The summed E-state index contributed by atoms with van der Waals surface area (Å²) >= 11 is 1.38. The zero-order valence-corrected chi connectivity index (χ0v) is 15.7. The summed E-state index contributed by atoms with van der Waals surface area (Å²) in [6.07, 6.45) is 0. The van der Waals surface area contributed by atoms with E-state index < -0.39 is 0 Å². The van der Waals surface area contributed by atoms with Crippen molar-refractivity contribution < 1.29 is 14.3 Å². The Kier molecular flexibility index (Phi) is 6.22. The van der Waals surface area contributed by atoms with Gasteiger partial charge in [0.25, 0.3) is 11.8 Å². The Bertz CT molecular complexity index is 888. The molecule has 2 N–H and O–H groups in total. The standard InChI is InChI=1S/C21H20N2O3S/c1-15-4-10-18(11-5-15)26-13-12-22-20(24)16-6-8-17(9-7-16)23-21(25)19-3-2-14-27-19/h2-11,14H,12-13H2,1H3,(H,22,24)(H,23,25). The largest absolute Gasteiger partial charge is 0.492 e. The maximum absolute atomic E-state index is 12.2. The first-order valence-electron chi connectivity index (χ1n) is 8.54. The van der Waals surface area contributed by atoms with Crippen molar-refractivity contribution in [1.82, 2.24) is 5.32 Å². The number of aryl methyl sites for hydroxylation is 1. The number of hydrogen-bond donors (Lipinski definition) is 2. The number of anilines is 1. The van der Waals surface area contributed by atoms with Gasteiger partial charge in [-0.05, 0) is 54.8 Å². The van der Waals surface area contributed by atoms with Crippen molar-refractivity contribution in [3.05, 3.63) is 82.0 Å². The van der Waals surface area contributed by atoms with Gasteiger partial charge in [-0.15, -0.1) is 11.3 Å². The molecular formula is C21H20N2O3S. The Balaban J connectivity index is 1.44. The van der Waals surface area contributed by atoms with E-state index in [9.17, 15) is 9.59 Å². The molecule has 1 heterocycles. The molecule has 3 aromatic rings. The Labute approximate surface area is 162 Å². The molecule has 1 aromatic heterocycles. The molecule has 0 fully saturated rings. The van der Waals surface area contributed by atoms with Gasteiger partial charge in [0.2, 0.25) is 0 Å². The fraction of sp³-hybridized carbons (Fsp3) is 0.143. The molecule has 27 heavy (non-hydrogen) atoms. The maximum atomic E-state index is 12.2. The van der Waals surface area contributed by atoms with E-state index in [1.54, 1.807) is 30.3 Å². The summed E-state index contributed by atoms with van der Waals surface area (Å²) in [7, 11) is 0. The third-order valence-corrected chi connectivity index (χ3v) is 4.70. The smallest absolute Gasteiger partial charge is 0.265 e. The van der Waals surface area contributed by atoms with Crippen molar-refractivity contribution >= 4 is 28.8 Å². The minimum absolute atomic E-state index is 0.157. The Hall–Kier alpha value is -3.12. The quantitative estimate of drug-likeness (QED) is 0.606. The van der Waals surface area contributed by atoms with E-state index in [4.69, 9.17) is 4.74 Å². The minimum atomic E-state index is -0.182.